The van der Waals surface area contributed by atoms with Crippen LogP contribution in [0.5, 0.6) is 0 Å². The van der Waals surface area contributed by atoms with E-state index in [1.165, 1.54) is 0 Å². The molecule has 0 aliphatic carbocycles. The fraction of sp³-hybridized carbons (Fsp3) is 0.500. The van der Waals surface area contributed by atoms with Gasteiger partial charge in [-0.2, -0.15) is 0 Å². The van der Waals surface area contributed by atoms with Crippen molar-refractivity contribution in [1.29, 1.82) is 0 Å². The Labute approximate surface area is 236 Å². The Morgan fingerprint density at radius 1 is 0.825 bits per heavy atom. The first-order chi connectivity index (χ1) is 19.1. The average molecular weight is 549 g/mol. The van der Waals surface area contributed by atoms with E-state index in [0.29, 0.717) is 45.2 Å². The van der Waals surface area contributed by atoms with Crippen LogP contribution in [0.15, 0.2) is 60.7 Å². The number of nitrogens with zero attached hydrogens (tertiary/aromatic N) is 2. The maximum Gasteiger partial charge on any atom is 0.329 e. The molecule has 2 aliphatic heterocycles. The molecular weight excluding hydrogens is 508 g/mol. The van der Waals surface area contributed by atoms with Crippen molar-refractivity contribution < 1.29 is 28.7 Å². The summed E-state index contributed by atoms with van der Waals surface area (Å²) in [6.45, 7) is 6.46. The summed E-state index contributed by atoms with van der Waals surface area (Å²) in [5.74, 6) is -1.98. The first kappa shape index (κ1) is 29.3. The van der Waals surface area contributed by atoms with Crippen molar-refractivity contribution >= 4 is 23.8 Å². The second-order valence-electron chi connectivity index (χ2n) is 11.7. The largest absolute Gasteiger partial charge is 0.460 e. The van der Waals surface area contributed by atoms with E-state index in [1.807, 2.05) is 60.7 Å². The number of carbonyl (C=O) groups is 4. The third-order valence-electron chi connectivity index (χ3n) is 7.38. The normalized spacial score (nSPS) is 19.8. The SMILES string of the molecule is CC(C)(C)OC(=O)C(CC(=O)N1CCC[C@@H]1C(=O)N1CCC[C@H]1C(=O)OCc1ccccc1)Cc1ccccc1. The Hall–Kier alpha value is -3.68. The Kier molecular flexibility index (Phi) is 9.61. The van der Waals surface area contributed by atoms with Crippen molar-refractivity contribution in [2.75, 3.05) is 13.1 Å². The van der Waals surface area contributed by atoms with Crippen LogP contribution in [0.4, 0.5) is 0 Å². The molecule has 3 atom stereocenters. The number of ether oxygens (including phenoxy) is 2. The second-order valence-corrected chi connectivity index (χ2v) is 11.7. The van der Waals surface area contributed by atoms with Gasteiger partial charge in [-0.1, -0.05) is 60.7 Å². The maximum absolute atomic E-state index is 13.7. The van der Waals surface area contributed by atoms with Crippen LogP contribution >= 0.6 is 0 Å². The van der Waals surface area contributed by atoms with Crippen molar-refractivity contribution in [1.82, 2.24) is 9.80 Å². The first-order valence-corrected chi connectivity index (χ1v) is 14.2. The number of amides is 2. The van der Waals surface area contributed by atoms with Crippen LogP contribution < -0.4 is 0 Å². The molecule has 0 bridgehead atoms. The number of benzene rings is 2. The van der Waals surface area contributed by atoms with Gasteiger partial charge in [0.1, 0.15) is 24.3 Å². The third kappa shape index (κ3) is 7.71. The molecule has 40 heavy (non-hydrogen) atoms. The van der Waals surface area contributed by atoms with Crippen LogP contribution in [-0.4, -0.2) is 64.3 Å². The molecule has 8 nitrogen and oxygen atoms in total. The topological polar surface area (TPSA) is 93.2 Å². The molecule has 1 unspecified atom stereocenters. The molecule has 0 aromatic heterocycles. The van der Waals surface area contributed by atoms with Crippen LogP contribution in [0.1, 0.15) is 64.0 Å². The zero-order valence-corrected chi connectivity index (χ0v) is 23.7. The molecule has 2 aromatic rings. The highest BCUT2D eigenvalue weighted by Crippen LogP contribution is 2.28. The minimum atomic E-state index is -0.679. The summed E-state index contributed by atoms with van der Waals surface area (Å²) in [6.07, 6.45) is 2.79. The number of esters is 2. The lowest BCUT2D eigenvalue weighted by Gasteiger charge is -2.31. The zero-order chi connectivity index (χ0) is 28.7. The van der Waals surface area contributed by atoms with Crippen molar-refractivity contribution in [3.8, 4) is 0 Å². The Balaban J connectivity index is 1.42. The molecule has 0 saturated carbocycles. The van der Waals surface area contributed by atoms with E-state index in [2.05, 4.69) is 0 Å². The fourth-order valence-electron chi connectivity index (χ4n) is 5.46. The molecule has 0 radical (unpaired) electrons. The summed E-state index contributed by atoms with van der Waals surface area (Å²) in [5.41, 5.74) is 1.14. The Morgan fingerprint density at radius 3 is 2.02 bits per heavy atom. The molecule has 0 spiro atoms. The Morgan fingerprint density at radius 2 is 1.40 bits per heavy atom. The van der Waals surface area contributed by atoms with E-state index in [-0.39, 0.29) is 24.8 Å². The molecule has 2 saturated heterocycles. The van der Waals surface area contributed by atoms with E-state index in [1.54, 1.807) is 30.6 Å². The monoisotopic (exact) mass is 548 g/mol. The molecule has 8 heteroatoms. The molecule has 2 aliphatic rings. The van der Waals surface area contributed by atoms with Gasteiger partial charge in [0.25, 0.3) is 0 Å². The fourth-order valence-corrected chi connectivity index (χ4v) is 5.46. The predicted octanol–water partition coefficient (Wildman–Crippen LogP) is 4.30. The van der Waals surface area contributed by atoms with Gasteiger partial charge >= 0.3 is 11.9 Å². The molecule has 2 fully saturated rings. The van der Waals surface area contributed by atoms with Gasteiger partial charge in [-0.25, -0.2) is 4.79 Å². The summed E-state index contributed by atoms with van der Waals surface area (Å²) in [6, 6.07) is 17.7. The summed E-state index contributed by atoms with van der Waals surface area (Å²) in [7, 11) is 0. The lowest BCUT2D eigenvalue weighted by Crippen LogP contribution is -2.51. The molecule has 2 aromatic carbocycles. The number of hydrogen-bond acceptors (Lipinski definition) is 6. The van der Waals surface area contributed by atoms with Gasteiger partial charge in [-0.15, -0.1) is 0 Å². The molecule has 4 rings (SSSR count). The molecular formula is C32H40N2O6. The van der Waals surface area contributed by atoms with Gasteiger partial charge in [0.05, 0.1) is 5.92 Å². The van der Waals surface area contributed by atoms with Crippen LogP contribution in [-0.2, 0) is 41.7 Å². The lowest BCUT2D eigenvalue weighted by atomic mass is 9.95. The van der Waals surface area contributed by atoms with E-state index >= 15 is 0 Å². The van der Waals surface area contributed by atoms with Crippen LogP contribution in [0, 0.1) is 5.92 Å². The Bertz CT molecular complexity index is 1180. The van der Waals surface area contributed by atoms with Crippen molar-refractivity contribution in [2.45, 2.75) is 83.6 Å². The molecule has 2 heterocycles. The van der Waals surface area contributed by atoms with Gasteiger partial charge in [0, 0.05) is 19.5 Å². The highest BCUT2D eigenvalue weighted by atomic mass is 16.6. The maximum atomic E-state index is 13.7. The van der Waals surface area contributed by atoms with E-state index in [4.69, 9.17) is 9.47 Å². The molecule has 0 N–H and O–H groups in total. The summed E-state index contributed by atoms with van der Waals surface area (Å²) in [5, 5.41) is 0. The third-order valence-corrected chi connectivity index (χ3v) is 7.38. The van der Waals surface area contributed by atoms with E-state index < -0.39 is 35.5 Å². The zero-order valence-electron chi connectivity index (χ0n) is 23.7. The lowest BCUT2D eigenvalue weighted by molar-refractivity contribution is -0.162. The van der Waals surface area contributed by atoms with Gasteiger partial charge in [0.2, 0.25) is 11.8 Å². The van der Waals surface area contributed by atoms with E-state index in [0.717, 1.165) is 11.1 Å². The average Bonchev–Trinajstić information content (AvgIpc) is 3.62. The van der Waals surface area contributed by atoms with Gasteiger partial charge in [-0.05, 0) is 64.0 Å². The molecule has 214 valence electrons. The number of rotatable bonds is 9. The highest BCUT2D eigenvalue weighted by Gasteiger charge is 2.43. The van der Waals surface area contributed by atoms with Crippen molar-refractivity contribution in [3.63, 3.8) is 0 Å². The number of carbonyl (C=O) groups excluding carboxylic acids is 4. The van der Waals surface area contributed by atoms with Gasteiger partial charge in [0.15, 0.2) is 0 Å². The first-order valence-electron chi connectivity index (χ1n) is 14.2. The van der Waals surface area contributed by atoms with Gasteiger partial charge in [-0.3, -0.25) is 14.4 Å². The van der Waals surface area contributed by atoms with Crippen molar-refractivity contribution in [3.05, 3.63) is 71.8 Å². The van der Waals surface area contributed by atoms with Crippen LogP contribution in [0.25, 0.3) is 0 Å². The quantitative estimate of drug-likeness (QED) is 0.434. The van der Waals surface area contributed by atoms with Crippen LogP contribution in [0.2, 0.25) is 0 Å². The minimum absolute atomic E-state index is 0.0455. The summed E-state index contributed by atoms with van der Waals surface area (Å²) >= 11 is 0. The smallest absolute Gasteiger partial charge is 0.329 e. The second kappa shape index (κ2) is 13.1. The number of hydrogen-bond donors (Lipinski definition) is 0. The minimum Gasteiger partial charge on any atom is -0.460 e. The standard InChI is InChI=1S/C32H40N2O6/c1-32(2,3)40-30(37)25(20-23-12-6-4-7-13-23)21-28(35)33-18-10-16-26(33)29(36)34-19-11-17-27(34)31(38)39-22-24-14-8-5-9-15-24/h4-9,12-15,25-27H,10-11,16-22H2,1-3H3/t25?,26-,27+/m1/s1. The van der Waals surface area contributed by atoms with E-state index in [9.17, 15) is 19.2 Å². The molecule has 2 amide bonds. The van der Waals surface area contributed by atoms with Crippen LogP contribution in [0.3, 0.4) is 0 Å². The van der Waals surface area contributed by atoms with Gasteiger partial charge < -0.3 is 19.3 Å². The highest BCUT2D eigenvalue weighted by molar-refractivity contribution is 5.92. The van der Waals surface area contributed by atoms with Crippen molar-refractivity contribution in [2.24, 2.45) is 5.92 Å². The predicted molar refractivity (Wildman–Crippen MR) is 150 cm³/mol. The summed E-state index contributed by atoms with van der Waals surface area (Å²) in [4.78, 5) is 56.5. The number of likely N-dealkylation sites (tertiary alicyclic amines) is 2. The summed E-state index contributed by atoms with van der Waals surface area (Å²) < 4.78 is 11.2.